The molecule has 1 saturated heterocycles. The van der Waals surface area contributed by atoms with Crippen molar-refractivity contribution in [3.63, 3.8) is 0 Å². The number of nitrogens with zero attached hydrogens (tertiary/aromatic N) is 1. The van der Waals surface area contributed by atoms with E-state index in [0.717, 1.165) is 30.9 Å². The third-order valence-corrected chi connectivity index (χ3v) is 6.54. The lowest BCUT2D eigenvalue weighted by Gasteiger charge is -2.32. The van der Waals surface area contributed by atoms with Gasteiger partial charge in [-0.3, -0.25) is 9.69 Å². The van der Waals surface area contributed by atoms with Crippen molar-refractivity contribution in [3.8, 4) is 0 Å². The lowest BCUT2D eigenvalue weighted by molar-refractivity contribution is -0.119. The van der Waals surface area contributed by atoms with Crippen molar-refractivity contribution >= 4 is 23.0 Å². The molecule has 2 rings (SSSR count). The van der Waals surface area contributed by atoms with Crippen LogP contribution in [0.4, 0.5) is 4.79 Å². The Morgan fingerprint density at radius 3 is 2.75 bits per heavy atom. The van der Waals surface area contributed by atoms with E-state index in [1.165, 1.54) is 50.3 Å². The Morgan fingerprint density at radius 1 is 1.29 bits per heavy atom. The van der Waals surface area contributed by atoms with Gasteiger partial charge in [0.1, 0.15) is 12.1 Å². The van der Waals surface area contributed by atoms with Gasteiger partial charge in [0.15, 0.2) is 0 Å². The highest BCUT2D eigenvalue weighted by Gasteiger charge is 2.46. The molecule has 24 heavy (non-hydrogen) atoms. The van der Waals surface area contributed by atoms with E-state index in [1.54, 1.807) is 11.0 Å². The lowest BCUT2D eigenvalue weighted by atomic mass is 10.0. The monoisotopic (exact) mass is 353 g/mol. The van der Waals surface area contributed by atoms with Gasteiger partial charge in [0, 0.05) is 12.3 Å². The van der Waals surface area contributed by atoms with Gasteiger partial charge in [-0.2, -0.15) is 0 Å². The SMILES string of the molecule is C=CCOC(=O)N1CCCC1(C)C(=O)SCCCCC1CCCC1. The lowest BCUT2D eigenvalue weighted by Crippen LogP contribution is -2.50. The van der Waals surface area contributed by atoms with E-state index >= 15 is 0 Å². The summed E-state index contributed by atoms with van der Waals surface area (Å²) in [5.41, 5.74) is -0.714. The van der Waals surface area contributed by atoms with Crippen LogP contribution >= 0.6 is 11.8 Å². The van der Waals surface area contributed by atoms with Gasteiger partial charge in [0.2, 0.25) is 5.12 Å². The normalized spacial score (nSPS) is 24.3. The van der Waals surface area contributed by atoms with Crippen molar-refractivity contribution in [1.29, 1.82) is 0 Å². The molecular formula is C19H31NO3S. The number of hydrogen-bond acceptors (Lipinski definition) is 4. The molecule has 0 radical (unpaired) electrons. The van der Waals surface area contributed by atoms with E-state index in [0.29, 0.717) is 6.54 Å². The summed E-state index contributed by atoms with van der Waals surface area (Å²) in [5.74, 6) is 1.78. The fraction of sp³-hybridized carbons (Fsp3) is 0.789. The van der Waals surface area contributed by atoms with E-state index < -0.39 is 11.6 Å². The minimum atomic E-state index is -0.714. The number of amides is 1. The van der Waals surface area contributed by atoms with Gasteiger partial charge in [-0.1, -0.05) is 62.9 Å². The first-order chi connectivity index (χ1) is 11.6. The maximum absolute atomic E-state index is 12.7. The molecule has 2 aliphatic rings. The van der Waals surface area contributed by atoms with Crippen LogP contribution in [0, 0.1) is 5.92 Å². The molecule has 5 heteroatoms. The van der Waals surface area contributed by atoms with E-state index in [-0.39, 0.29) is 11.7 Å². The molecule has 0 bridgehead atoms. The van der Waals surface area contributed by atoms with Gasteiger partial charge < -0.3 is 4.74 Å². The molecule has 0 spiro atoms. The number of unbranched alkanes of at least 4 members (excludes halogenated alkanes) is 1. The highest BCUT2D eigenvalue weighted by Crippen LogP contribution is 2.35. The Morgan fingerprint density at radius 2 is 2.04 bits per heavy atom. The summed E-state index contributed by atoms with van der Waals surface area (Å²) in [6.07, 6.45) is 11.9. The highest BCUT2D eigenvalue weighted by atomic mass is 32.2. The molecule has 0 aromatic heterocycles. The van der Waals surface area contributed by atoms with Gasteiger partial charge in [-0.15, -0.1) is 0 Å². The number of carbonyl (C=O) groups excluding carboxylic acids is 2. The summed E-state index contributed by atoms with van der Waals surface area (Å²) in [5, 5.41) is 0.108. The summed E-state index contributed by atoms with van der Waals surface area (Å²) in [4.78, 5) is 26.4. The summed E-state index contributed by atoms with van der Waals surface area (Å²) >= 11 is 1.39. The molecule has 1 amide bonds. The molecule has 1 unspecified atom stereocenters. The van der Waals surface area contributed by atoms with Crippen LogP contribution in [0.5, 0.6) is 0 Å². The van der Waals surface area contributed by atoms with Crippen molar-refractivity contribution < 1.29 is 14.3 Å². The van der Waals surface area contributed by atoms with E-state index in [2.05, 4.69) is 6.58 Å². The maximum atomic E-state index is 12.7. The first-order valence-corrected chi connectivity index (χ1v) is 10.3. The second-order valence-electron chi connectivity index (χ2n) is 7.18. The molecule has 1 aliphatic carbocycles. The Balaban J connectivity index is 1.72. The molecule has 4 nitrogen and oxygen atoms in total. The van der Waals surface area contributed by atoms with Crippen LogP contribution < -0.4 is 0 Å². The summed E-state index contributed by atoms with van der Waals surface area (Å²) in [6, 6.07) is 0. The van der Waals surface area contributed by atoms with Crippen LogP contribution in [0.25, 0.3) is 0 Å². The van der Waals surface area contributed by atoms with Crippen LogP contribution in [0.15, 0.2) is 12.7 Å². The van der Waals surface area contributed by atoms with Crippen LogP contribution in [-0.2, 0) is 9.53 Å². The number of likely N-dealkylation sites (tertiary alicyclic amines) is 1. The number of ether oxygens (including phenoxy) is 1. The van der Waals surface area contributed by atoms with Crippen LogP contribution in [-0.4, -0.2) is 40.6 Å². The molecule has 1 aliphatic heterocycles. The molecule has 0 N–H and O–H groups in total. The van der Waals surface area contributed by atoms with Gasteiger partial charge in [-0.05, 0) is 32.1 Å². The number of thioether (sulfide) groups is 1. The smallest absolute Gasteiger partial charge is 0.410 e. The van der Waals surface area contributed by atoms with Crippen molar-refractivity contribution in [3.05, 3.63) is 12.7 Å². The van der Waals surface area contributed by atoms with E-state index in [4.69, 9.17) is 4.74 Å². The third kappa shape index (κ3) is 5.01. The van der Waals surface area contributed by atoms with Crippen molar-refractivity contribution in [2.24, 2.45) is 5.92 Å². The fourth-order valence-electron chi connectivity index (χ4n) is 3.83. The molecule has 0 aromatic carbocycles. The summed E-state index contributed by atoms with van der Waals surface area (Å²) in [6.45, 7) is 6.21. The Bertz CT molecular complexity index is 448. The molecule has 1 atom stereocenters. The maximum Gasteiger partial charge on any atom is 0.410 e. The second kappa shape index (κ2) is 9.50. The van der Waals surface area contributed by atoms with Gasteiger partial charge >= 0.3 is 6.09 Å². The summed E-state index contributed by atoms with van der Waals surface area (Å²) in [7, 11) is 0. The van der Waals surface area contributed by atoms with Crippen LogP contribution in [0.2, 0.25) is 0 Å². The predicted molar refractivity (Wildman–Crippen MR) is 99.2 cm³/mol. The van der Waals surface area contributed by atoms with Gasteiger partial charge in [-0.25, -0.2) is 4.79 Å². The minimum absolute atomic E-state index is 0.108. The topological polar surface area (TPSA) is 46.6 Å². The Kier molecular flexibility index (Phi) is 7.66. The molecule has 1 saturated carbocycles. The zero-order chi connectivity index (χ0) is 17.4. The predicted octanol–water partition coefficient (Wildman–Crippen LogP) is 4.78. The van der Waals surface area contributed by atoms with Gasteiger partial charge in [0.05, 0.1) is 0 Å². The van der Waals surface area contributed by atoms with Crippen LogP contribution in [0.1, 0.15) is 64.7 Å². The molecule has 1 heterocycles. The standard InChI is InChI=1S/C19H31NO3S/c1-3-14-23-18(22)20-13-8-12-19(20,2)17(21)24-15-7-6-11-16-9-4-5-10-16/h3,16H,1,4-15H2,2H3. The molecule has 136 valence electrons. The van der Waals surface area contributed by atoms with Gasteiger partial charge in [0.25, 0.3) is 0 Å². The Labute approximate surface area is 150 Å². The average Bonchev–Trinajstić information content (AvgIpc) is 3.22. The van der Waals surface area contributed by atoms with Crippen molar-refractivity contribution in [2.75, 3.05) is 18.9 Å². The van der Waals surface area contributed by atoms with E-state index in [1.807, 2.05) is 6.92 Å². The third-order valence-electron chi connectivity index (χ3n) is 5.34. The largest absolute Gasteiger partial charge is 0.445 e. The number of carbonyl (C=O) groups is 2. The molecule has 2 fully saturated rings. The van der Waals surface area contributed by atoms with Crippen LogP contribution in [0.3, 0.4) is 0 Å². The Hall–Kier alpha value is -0.970. The minimum Gasteiger partial charge on any atom is -0.445 e. The summed E-state index contributed by atoms with van der Waals surface area (Å²) < 4.78 is 5.13. The number of rotatable bonds is 8. The first kappa shape index (κ1) is 19.4. The van der Waals surface area contributed by atoms with Crippen molar-refractivity contribution in [2.45, 2.75) is 70.3 Å². The second-order valence-corrected chi connectivity index (χ2v) is 8.24. The van der Waals surface area contributed by atoms with E-state index in [9.17, 15) is 9.59 Å². The molecular weight excluding hydrogens is 322 g/mol. The fourth-order valence-corrected chi connectivity index (χ4v) is 4.89. The number of hydrogen-bond donors (Lipinski definition) is 0. The quantitative estimate of drug-likeness (QED) is 0.465. The molecule has 0 aromatic rings. The zero-order valence-electron chi connectivity index (χ0n) is 14.9. The highest BCUT2D eigenvalue weighted by molar-refractivity contribution is 8.13. The van der Waals surface area contributed by atoms with Crippen molar-refractivity contribution in [1.82, 2.24) is 4.90 Å². The first-order valence-electron chi connectivity index (χ1n) is 9.30. The average molecular weight is 354 g/mol. The zero-order valence-corrected chi connectivity index (χ0v) is 15.7.